The molecule has 8 atom stereocenters. The molecule has 1 saturated heterocycles. The summed E-state index contributed by atoms with van der Waals surface area (Å²) < 4.78 is 0. The second-order valence-corrected chi connectivity index (χ2v) is 14.8. The predicted molar refractivity (Wildman–Crippen MR) is 211 cm³/mol. The van der Waals surface area contributed by atoms with Gasteiger partial charge in [0.15, 0.2) is 0 Å². The van der Waals surface area contributed by atoms with Gasteiger partial charge in [-0.2, -0.15) is 0 Å². The number of phenolic OH excluding ortho intramolecular Hbond substituents is 1. The van der Waals surface area contributed by atoms with E-state index < -0.39 is 71.8 Å². The number of hydrogen-bond acceptors (Lipinski definition) is 9. The molecular weight excluding hydrogens is 732 g/mol. The molecule has 0 bridgehead atoms. The third kappa shape index (κ3) is 13.2. The number of aliphatic carboxylic acids is 1. The zero-order valence-corrected chi connectivity index (χ0v) is 32.9. The molecule has 0 saturated carbocycles. The average Bonchev–Trinajstić information content (AvgIpc) is 3.94. The van der Waals surface area contributed by atoms with Gasteiger partial charge in [-0.1, -0.05) is 83.0 Å². The number of H-pyrrole nitrogens is 1. The van der Waals surface area contributed by atoms with Gasteiger partial charge < -0.3 is 47.1 Å². The third-order valence-electron chi connectivity index (χ3n) is 10.5. The molecule has 5 amide bonds. The van der Waals surface area contributed by atoms with Crippen LogP contribution in [0, 0.1) is 11.8 Å². The Morgan fingerprint density at radius 3 is 1.82 bits per heavy atom. The van der Waals surface area contributed by atoms with Crippen molar-refractivity contribution in [2.75, 3.05) is 6.54 Å². The summed E-state index contributed by atoms with van der Waals surface area (Å²) in [7, 11) is 0. The predicted octanol–water partition coefficient (Wildman–Crippen LogP) is 1.50. The van der Waals surface area contributed by atoms with Crippen LogP contribution in [0.25, 0.3) is 0 Å². The fraction of sp³-hybridized carbons (Fsp3) is 0.488. The van der Waals surface area contributed by atoms with Crippen LogP contribution in [0.4, 0.5) is 0 Å². The van der Waals surface area contributed by atoms with Gasteiger partial charge in [-0.3, -0.25) is 24.0 Å². The van der Waals surface area contributed by atoms with Crippen LogP contribution in [0.5, 0.6) is 5.75 Å². The molecule has 0 radical (unpaired) electrons. The number of amides is 5. The van der Waals surface area contributed by atoms with Crippen LogP contribution in [-0.2, 0) is 48.0 Å². The summed E-state index contributed by atoms with van der Waals surface area (Å²) in [5, 5.41) is 36.8. The largest absolute Gasteiger partial charge is 0.508 e. The van der Waals surface area contributed by atoms with Crippen molar-refractivity contribution < 1.29 is 39.0 Å². The molecule has 308 valence electrons. The van der Waals surface area contributed by atoms with E-state index in [0.717, 1.165) is 6.42 Å². The molecule has 1 fully saturated rings. The highest BCUT2D eigenvalue weighted by Crippen LogP contribution is 2.16. The molecule has 0 spiro atoms. The maximum Gasteiger partial charge on any atom is 0.326 e. The quantitative estimate of drug-likeness (QED) is 0.0753. The number of nitrogens with one attached hydrogen (secondary N) is 7. The fourth-order valence-corrected chi connectivity index (χ4v) is 6.57. The molecule has 16 heteroatoms. The fourth-order valence-electron chi connectivity index (χ4n) is 6.57. The van der Waals surface area contributed by atoms with Gasteiger partial charge in [0.25, 0.3) is 0 Å². The summed E-state index contributed by atoms with van der Waals surface area (Å²) in [5.41, 5.74) is 1.79. The van der Waals surface area contributed by atoms with Crippen LogP contribution in [0.2, 0.25) is 0 Å². The number of carboxylic acid groups (broad SMARTS) is 1. The van der Waals surface area contributed by atoms with Crippen LogP contribution >= 0.6 is 0 Å². The van der Waals surface area contributed by atoms with Gasteiger partial charge in [0.2, 0.25) is 29.5 Å². The molecule has 2 heterocycles. The minimum atomic E-state index is -1.29. The van der Waals surface area contributed by atoms with Gasteiger partial charge in [-0.15, -0.1) is 0 Å². The number of carboxylic acids is 1. The van der Waals surface area contributed by atoms with Crippen LogP contribution in [0.15, 0.2) is 67.1 Å². The number of benzene rings is 2. The molecule has 16 nitrogen and oxygen atoms in total. The maximum absolute atomic E-state index is 14.2. The normalized spacial score (nSPS) is 17.4. The summed E-state index contributed by atoms with van der Waals surface area (Å²) in [5.74, 6) is -5.00. The highest BCUT2D eigenvalue weighted by atomic mass is 16.4. The Bertz CT molecular complexity index is 1780. The summed E-state index contributed by atoms with van der Waals surface area (Å²) >= 11 is 0. The highest BCUT2D eigenvalue weighted by Gasteiger charge is 2.36. The topological polar surface area (TPSA) is 244 Å². The monoisotopic (exact) mass is 788 g/mol. The van der Waals surface area contributed by atoms with Crippen LogP contribution in [0.3, 0.4) is 0 Å². The molecule has 9 N–H and O–H groups in total. The zero-order chi connectivity index (χ0) is 41.5. The van der Waals surface area contributed by atoms with E-state index >= 15 is 0 Å². The summed E-state index contributed by atoms with van der Waals surface area (Å²) in [4.78, 5) is 88.4. The Kier molecular flexibility index (Phi) is 16.6. The van der Waals surface area contributed by atoms with Crippen molar-refractivity contribution in [1.29, 1.82) is 0 Å². The number of aromatic nitrogens is 2. The van der Waals surface area contributed by atoms with Gasteiger partial charge in [0.1, 0.15) is 36.0 Å². The van der Waals surface area contributed by atoms with Crippen LogP contribution in [0.1, 0.15) is 70.2 Å². The Morgan fingerprint density at radius 2 is 1.26 bits per heavy atom. The molecule has 1 aliphatic heterocycles. The maximum atomic E-state index is 14.2. The van der Waals surface area contributed by atoms with E-state index in [0.29, 0.717) is 42.6 Å². The van der Waals surface area contributed by atoms with Crippen LogP contribution in [-0.4, -0.2) is 98.5 Å². The van der Waals surface area contributed by atoms with Crippen molar-refractivity contribution in [3.63, 3.8) is 0 Å². The average molecular weight is 789 g/mol. The molecule has 57 heavy (non-hydrogen) atoms. The van der Waals surface area contributed by atoms with E-state index in [2.05, 4.69) is 41.9 Å². The molecule has 0 aliphatic carbocycles. The van der Waals surface area contributed by atoms with E-state index in [1.165, 1.54) is 24.7 Å². The first-order valence-corrected chi connectivity index (χ1v) is 19.6. The number of imidazole rings is 1. The van der Waals surface area contributed by atoms with Crippen molar-refractivity contribution in [3.8, 4) is 5.75 Å². The van der Waals surface area contributed by atoms with Gasteiger partial charge in [0.05, 0.1) is 12.4 Å². The number of aromatic amines is 1. The first-order chi connectivity index (χ1) is 27.3. The third-order valence-corrected chi connectivity index (χ3v) is 10.5. The molecule has 3 aromatic rings. The smallest absolute Gasteiger partial charge is 0.326 e. The number of carbonyl (C=O) groups is 6. The van der Waals surface area contributed by atoms with E-state index in [1.54, 1.807) is 49.4 Å². The lowest BCUT2D eigenvalue weighted by Crippen LogP contribution is -2.61. The molecular formula is C41H56N8O8. The summed E-state index contributed by atoms with van der Waals surface area (Å²) in [6.07, 6.45) is 5.34. The number of phenols is 1. The van der Waals surface area contributed by atoms with Crippen LogP contribution < -0.4 is 31.9 Å². The Morgan fingerprint density at radius 1 is 0.719 bits per heavy atom. The first kappa shape index (κ1) is 44.0. The van der Waals surface area contributed by atoms with E-state index in [-0.39, 0.29) is 36.8 Å². The van der Waals surface area contributed by atoms with Gasteiger partial charge in [-0.05, 0) is 54.5 Å². The van der Waals surface area contributed by atoms with Gasteiger partial charge in [0, 0.05) is 31.2 Å². The van der Waals surface area contributed by atoms with E-state index in [9.17, 15) is 39.0 Å². The zero-order valence-electron chi connectivity index (χ0n) is 32.9. The molecule has 1 aromatic heterocycles. The summed E-state index contributed by atoms with van der Waals surface area (Å²) in [6, 6.07) is 8.54. The van der Waals surface area contributed by atoms with Crippen molar-refractivity contribution in [3.05, 3.63) is 83.9 Å². The molecule has 4 rings (SSSR count). The molecule has 1 aliphatic rings. The second-order valence-electron chi connectivity index (χ2n) is 14.8. The van der Waals surface area contributed by atoms with Gasteiger partial charge >= 0.3 is 5.97 Å². The first-order valence-electron chi connectivity index (χ1n) is 19.6. The van der Waals surface area contributed by atoms with Crippen molar-refractivity contribution in [2.45, 2.75) is 109 Å². The van der Waals surface area contributed by atoms with Crippen molar-refractivity contribution >= 4 is 35.5 Å². The lowest BCUT2D eigenvalue weighted by Gasteiger charge is -2.29. The summed E-state index contributed by atoms with van der Waals surface area (Å²) in [6.45, 7) is 8.00. The number of hydrogen-bond donors (Lipinski definition) is 9. The van der Waals surface area contributed by atoms with E-state index in [1.807, 2.05) is 20.8 Å². The van der Waals surface area contributed by atoms with Crippen molar-refractivity contribution in [1.82, 2.24) is 41.9 Å². The Labute approximate surface area is 332 Å². The molecule has 2 aromatic carbocycles. The second kappa shape index (κ2) is 21.5. The van der Waals surface area contributed by atoms with E-state index in [4.69, 9.17) is 0 Å². The lowest BCUT2D eigenvalue weighted by molar-refractivity contribution is -0.142. The minimum Gasteiger partial charge on any atom is -0.508 e. The SMILES string of the molecule is CC[C@H](C)[C@H](NC(=O)[C@H](Cc1ccc(O)cc1)NC(=O)[C@H](Cc1cnc[nH]1)NC(=O)[C@@H](NC(=O)[C@@H]1CCCN1)[C@@H](C)CC)C(=O)N[C@@H](Cc1ccccc1)C(=O)O. The van der Waals surface area contributed by atoms with Gasteiger partial charge in [-0.25, -0.2) is 9.78 Å². The molecule has 0 unspecified atom stereocenters. The number of rotatable bonds is 21. The van der Waals surface area contributed by atoms with Crippen molar-refractivity contribution in [2.24, 2.45) is 11.8 Å². The number of nitrogens with zero attached hydrogens (tertiary/aromatic N) is 1. The Balaban J connectivity index is 1.59. The minimum absolute atomic E-state index is 0.00483. The Hall–Kier alpha value is -5.77. The standard InChI is InChI=1S/C41H56N8O8/c1-5-24(3)34(48-36(51)30-13-10-18-43-30)39(54)46-32(21-28-22-42-23-44-28)37(52)45-31(19-27-14-16-29(50)17-15-27)38(53)49-35(25(4)6-2)40(55)47-33(41(56)57)20-26-11-8-7-9-12-26/h7-9,11-12,14-17,22-25,30-35,43,50H,5-6,10,13,18-21H2,1-4H3,(H,42,44)(H,45,52)(H,46,54)(H,47,55)(H,48,51)(H,49,53)(H,56,57)/t24-,25-,30-,31-,32-,33-,34-,35-/m0/s1. The number of aromatic hydroxyl groups is 1. The highest BCUT2D eigenvalue weighted by molar-refractivity contribution is 5.96. The lowest BCUT2D eigenvalue weighted by atomic mass is 9.96. The number of carbonyl (C=O) groups excluding carboxylic acids is 5.